The summed E-state index contributed by atoms with van der Waals surface area (Å²) >= 11 is 0. The fraction of sp³-hybridized carbons (Fsp3) is 0.0952. The third-order valence-corrected chi connectivity index (χ3v) is 5.06. The second-order valence-corrected chi connectivity index (χ2v) is 6.59. The number of rotatable bonds is 2. The Hall–Kier alpha value is -3.41. The molecule has 0 saturated carbocycles. The van der Waals surface area contributed by atoms with E-state index in [2.05, 4.69) is 10.2 Å². The smallest absolute Gasteiger partial charge is 0.266 e. The molecular formula is C21H13F2N3O. The first-order chi connectivity index (χ1) is 13.1. The molecule has 5 rings (SSSR count). The second kappa shape index (κ2) is 5.54. The van der Waals surface area contributed by atoms with Crippen LogP contribution in [0.5, 0.6) is 0 Å². The minimum Gasteiger partial charge on any atom is -0.305 e. The summed E-state index contributed by atoms with van der Waals surface area (Å²) in [7, 11) is 0. The van der Waals surface area contributed by atoms with Gasteiger partial charge in [0.25, 0.3) is 5.91 Å². The summed E-state index contributed by atoms with van der Waals surface area (Å²) in [6, 6.07) is 18.8. The highest BCUT2D eigenvalue weighted by Gasteiger charge is 2.56. The minimum absolute atomic E-state index is 0.179. The molecule has 6 heteroatoms. The molecule has 4 nitrogen and oxygen atoms in total. The Labute approximate surface area is 153 Å². The quantitative estimate of drug-likeness (QED) is 0.643. The molecule has 0 radical (unpaired) electrons. The van der Waals surface area contributed by atoms with Crippen LogP contribution < -0.4 is 4.90 Å². The molecule has 0 aliphatic carbocycles. The zero-order valence-electron chi connectivity index (χ0n) is 14.1. The van der Waals surface area contributed by atoms with Crippen LogP contribution >= 0.6 is 0 Å². The zero-order chi connectivity index (χ0) is 18.6. The summed E-state index contributed by atoms with van der Waals surface area (Å²) in [5.74, 6) is -2.35. The zero-order valence-corrected chi connectivity index (χ0v) is 14.1. The Morgan fingerprint density at radius 3 is 2.41 bits per heavy atom. The van der Waals surface area contributed by atoms with Crippen LogP contribution in [0.1, 0.15) is 16.7 Å². The van der Waals surface area contributed by atoms with Crippen molar-refractivity contribution in [2.45, 2.75) is 12.1 Å². The molecule has 0 N–H and O–H groups in total. The van der Waals surface area contributed by atoms with Gasteiger partial charge in [-0.15, -0.1) is 0 Å². The van der Waals surface area contributed by atoms with E-state index in [4.69, 9.17) is 0 Å². The Bertz CT molecular complexity index is 1110. The third kappa shape index (κ3) is 2.10. The molecule has 2 aliphatic heterocycles. The first-order valence-corrected chi connectivity index (χ1v) is 8.49. The largest absolute Gasteiger partial charge is 0.305 e. The monoisotopic (exact) mass is 361 g/mol. The van der Waals surface area contributed by atoms with Crippen molar-refractivity contribution in [2.75, 3.05) is 4.90 Å². The lowest BCUT2D eigenvalue weighted by Crippen LogP contribution is -2.38. The normalized spacial score (nSPS) is 19.6. The summed E-state index contributed by atoms with van der Waals surface area (Å²) in [4.78, 5) is 15.1. The molecule has 1 unspecified atom stereocenters. The number of hydrogen-bond donors (Lipinski definition) is 0. The highest BCUT2D eigenvalue weighted by Crippen LogP contribution is 2.53. The second-order valence-electron chi connectivity index (χ2n) is 6.59. The van der Waals surface area contributed by atoms with Gasteiger partial charge in [-0.1, -0.05) is 48.5 Å². The lowest BCUT2D eigenvalue weighted by molar-refractivity contribution is -0.121. The lowest BCUT2D eigenvalue weighted by atomic mass is 9.84. The van der Waals surface area contributed by atoms with Crippen molar-refractivity contribution in [3.05, 3.63) is 95.1 Å². The number of hydrogen-bond acceptors (Lipinski definition) is 3. The first kappa shape index (κ1) is 15.8. The Morgan fingerprint density at radius 2 is 1.59 bits per heavy atom. The van der Waals surface area contributed by atoms with Crippen molar-refractivity contribution < 1.29 is 13.6 Å². The maximum absolute atomic E-state index is 14.0. The molecule has 3 aromatic carbocycles. The van der Waals surface area contributed by atoms with E-state index in [1.54, 1.807) is 17.0 Å². The van der Waals surface area contributed by atoms with Gasteiger partial charge in [-0.2, -0.15) is 10.2 Å². The molecule has 0 bridgehead atoms. The van der Waals surface area contributed by atoms with Crippen LogP contribution in [0.3, 0.4) is 0 Å². The number of benzene rings is 3. The van der Waals surface area contributed by atoms with Gasteiger partial charge in [0.15, 0.2) is 11.6 Å². The standard InChI is InChI=1S/C21H13F2N3O/c22-16-10-15-18(11-17(16)23)24-25-21(15)14-8-4-5-9-19(14)26(20(21)27)12-13-6-2-1-3-7-13/h1-11H,12H2. The van der Waals surface area contributed by atoms with E-state index in [0.29, 0.717) is 17.8 Å². The number of amides is 1. The van der Waals surface area contributed by atoms with Crippen LogP contribution in [0.15, 0.2) is 77.0 Å². The maximum Gasteiger partial charge on any atom is 0.266 e. The van der Waals surface area contributed by atoms with Gasteiger partial charge < -0.3 is 4.90 Å². The molecule has 2 aliphatic rings. The van der Waals surface area contributed by atoms with Crippen molar-refractivity contribution in [3.8, 4) is 0 Å². The summed E-state index contributed by atoms with van der Waals surface area (Å²) in [6.07, 6.45) is 0. The van der Waals surface area contributed by atoms with Gasteiger partial charge in [-0.25, -0.2) is 8.78 Å². The summed E-state index contributed by atoms with van der Waals surface area (Å²) in [5, 5.41) is 8.23. The molecule has 1 atom stereocenters. The molecule has 1 spiro atoms. The number of azo groups is 1. The van der Waals surface area contributed by atoms with Gasteiger partial charge in [-0.3, -0.25) is 4.79 Å². The molecular weight excluding hydrogens is 348 g/mol. The van der Waals surface area contributed by atoms with Gasteiger partial charge >= 0.3 is 0 Å². The molecule has 1 amide bonds. The molecule has 0 saturated heterocycles. The van der Waals surface area contributed by atoms with Crippen LogP contribution in [0, 0.1) is 11.6 Å². The van der Waals surface area contributed by atoms with Crippen molar-refractivity contribution >= 4 is 17.3 Å². The topological polar surface area (TPSA) is 45.0 Å². The molecule has 3 aromatic rings. The van der Waals surface area contributed by atoms with Crippen molar-refractivity contribution in [1.82, 2.24) is 0 Å². The number of fused-ring (bicyclic) bond motifs is 4. The fourth-order valence-corrected chi connectivity index (χ4v) is 3.81. The van der Waals surface area contributed by atoms with Gasteiger partial charge in [0.05, 0.1) is 17.9 Å². The highest BCUT2D eigenvalue weighted by atomic mass is 19.2. The van der Waals surface area contributed by atoms with E-state index >= 15 is 0 Å². The van der Waals surface area contributed by atoms with Crippen molar-refractivity contribution in [2.24, 2.45) is 10.2 Å². The Balaban J connectivity index is 1.70. The van der Waals surface area contributed by atoms with E-state index in [0.717, 1.165) is 17.7 Å². The van der Waals surface area contributed by atoms with Gasteiger partial charge in [0.2, 0.25) is 5.54 Å². The van der Waals surface area contributed by atoms with Crippen LogP contribution in [0.4, 0.5) is 20.2 Å². The number of carbonyl (C=O) groups excluding carboxylic acids is 1. The van der Waals surface area contributed by atoms with Gasteiger partial charge in [0.1, 0.15) is 0 Å². The predicted octanol–water partition coefficient (Wildman–Crippen LogP) is 4.85. The third-order valence-electron chi connectivity index (χ3n) is 5.06. The summed E-state index contributed by atoms with van der Waals surface area (Å²) in [6.45, 7) is 0.354. The molecule has 0 aromatic heterocycles. The average molecular weight is 361 g/mol. The fourth-order valence-electron chi connectivity index (χ4n) is 3.81. The number of para-hydroxylation sites is 1. The van der Waals surface area contributed by atoms with E-state index in [9.17, 15) is 13.6 Å². The molecule has 0 fully saturated rings. The highest BCUT2D eigenvalue weighted by molar-refractivity contribution is 6.11. The summed E-state index contributed by atoms with van der Waals surface area (Å²) in [5.41, 5.74) is 1.27. The van der Waals surface area contributed by atoms with Crippen molar-refractivity contribution in [3.63, 3.8) is 0 Å². The van der Waals surface area contributed by atoms with Crippen molar-refractivity contribution in [1.29, 1.82) is 0 Å². The van der Waals surface area contributed by atoms with Gasteiger partial charge in [-0.05, 0) is 17.7 Å². The number of nitrogens with zero attached hydrogens (tertiary/aromatic N) is 3. The van der Waals surface area contributed by atoms with E-state index < -0.39 is 17.2 Å². The Morgan fingerprint density at radius 1 is 0.889 bits per heavy atom. The van der Waals surface area contributed by atoms with E-state index in [1.807, 2.05) is 42.5 Å². The first-order valence-electron chi connectivity index (χ1n) is 8.49. The summed E-state index contributed by atoms with van der Waals surface area (Å²) < 4.78 is 27.6. The van der Waals surface area contributed by atoms with E-state index in [1.165, 1.54) is 0 Å². The molecule has 2 heterocycles. The van der Waals surface area contributed by atoms with Crippen LogP contribution in [-0.4, -0.2) is 5.91 Å². The predicted molar refractivity (Wildman–Crippen MR) is 95.7 cm³/mol. The number of halogens is 2. The van der Waals surface area contributed by atoms with E-state index in [-0.39, 0.29) is 17.2 Å². The van der Waals surface area contributed by atoms with Gasteiger partial charge in [0, 0.05) is 17.2 Å². The SMILES string of the molecule is O=C1N(Cc2ccccc2)c2ccccc2C12N=Nc1cc(F)c(F)cc12. The van der Waals surface area contributed by atoms with Crippen LogP contribution in [0.25, 0.3) is 0 Å². The molecule has 27 heavy (non-hydrogen) atoms. The average Bonchev–Trinajstić information content (AvgIpc) is 3.16. The minimum atomic E-state index is -1.46. The number of anilines is 1. The lowest BCUT2D eigenvalue weighted by Gasteiger charge is -2.21. The molecule has 132 valence electrons. The van der Waals surface area contributed by atoms with Crippen LogP contribution in [0.2, 0.25) is 0 Å². The maximum atomic E-state index is 14.0. The Kier molecular flexibility index (Phi) is 3.25. The number of carbonyl (C=O) groups is 1. The van der Waals surface area contributed by atoms with Crippen LogP contribution in [-0.2, 0) is 16.9 Å².